The van der Waals surface area contributed by atoms with E-state index in [1.165, 1.54) is 18.2 Å². The number of carbonyl (C=O) groups is 1. The molecule has 3 aromatic rings. The van der Waals surface area contributed by atoms with Crippen LogP contribution in [0.4, 0.5) is 0 Å². The quantitative estimate of drug-likeness (QED) is 0.240. The van der Waals surface area contributed by atoms with Crippen molar-refractivity contribution in [1.82, 2.24) is 4.57 Å². The van der Waals surface area contributed by atoms with Gasteiger partial charge in [0.2, 0.25) is 0 Å². The smallest absolute Gasteiger partial charge is 0.354 e. The van der Waals surface area contributed by atoms with Gasteiger partial charge in [-0.2, -0.15) is 0 Å². The van der Waals surface area contributed by atoms with E-state index in [-0.39, 0.29) is 5.84 Å². The molecule has 0 atom stereocenters. The lowest BCUT2D eigenvalue weighted by molar-refractivity contribution is 0.0589. The molecular weight excluding hydrogens is 354 g/mol. The van der Waals surface area contributed by atoms with E-state index in [1.54, 1.807) is 6.07 Å². The maximum atomic E-state index is 12.4. The largest absolute Gasteiger partial charge is 0.464 e. The van der Waals surface area contributed by atoms with Crippen molar-refractivity contribution in [2.24, 2.45) is 10.9 Å². The summed E-state index contributed by atoms with van der Waals surface area (Å²) in [7, 11) is 1.37. The van der Waals surface area contributed by atoms with Crippen LogP contribution in [0.15, 0.2) is 53.7 Å². The lowest BCUT2D eigenvalue weighted by Gasteiger charge is -2.17. The molecule has 1 heterocycles. The number of benzene rings is 2. The minimum atomic E-state index is -0.401. The monoisotopic (exact) mass is 375 g/mol. The summed E-state index contributed by atoms with van der Waals surface area (Å²) in [4.78, 5) is 12.4. The molecule has 1 aromatic heterocycles. The Labute approximate surface area is 162 Å². The van der Waals surface area contributed by atoms with E-state index in [2.05, 4.69) is 35.5 Å². The van der Waals surface area contributed by atoms with E-state index < -0.39 is 5.97 Å². The Morgan fingerprint density at radius 2 is 2.14 bits per heavy atom. The molecule has 0 spiro atoms. The number of fused-ring (bicyclic) bond motifs is 2. The molecule has 28 heavy (non-hydrogen) atoms. The van der Waals surface area contributed by atoms with Crippen molar-refractivity contribution in [1.29, 1.82) is 0 Å². The molecule has 0 unspecified atom stereocenters. The fraction of sp³-hybridized carbons (Fsp3) is 0.182. The summed E-state index contributed by atoms with van der Waals surface area (Å²) < 4.78 is 6.92. The number of methoxy groups -OCH3 is 1. The molecule has 0 aliphatic heterocycles. The van der Waals surface area contributed by atoms with Crippen molar-refractivity contribution >= 4 is 28.8 Å². The number of nitrogens with two attached hydrogens (primary N) is 1. The molecule has 1 aliphatic rings. The molecule has 0 fully saturated rings. The van der Waals surface area contributed by atoms with Gasteiger partial charge in [-0.25, -0.2) is 4.79 Å². The highest BCUT2D eigenvalue weighted by atomic mass is 16.5. The normalized spacial score (nSPS) is 13.5. The fourth-order valence-corrected chi connectivity index (χ4v) is 3.76. The van der Waals surface area contributed by atoms with Gasteiger partial charge < -0.3 is 20.2 Å². The Balaban J connectivity index is 1.89. The van der Waals surface area contributed by atoms with Crippen LogP contribution >= 0.6 is 0 Å². The van der Waals surface area contributed by atoms with Crippen LogP contribution in [0.1, 0.15) is 39.2 Å². The first-order chi connectivity index (χ1) is 13.6. The summed E-state index contributed by atoms with van der Waals surface area (Å²) in [6.45, 7) is 0.515. The maximum Gasteiger partial charge on any atom is 0.354 e. The van der Waals surface area contributed by atoms with E-state index in [0.717, 1.165) is 29.3 Å². The number of allylic oxidation sites excluding steroid dienone is 1. The number of aryl methyl sites for hydroxylation is 1. The Kier molecular flexibility index (Phi) is 4.61. The van der Waals surface area contributed by atoms with Gasteiger partial charge in [0.1, 0.15) is 5.69 Å². The average Bonchev–Trinajstić information content (AvgIpc) is 3.10. The second kappa shape index (κ2) is 7.23. The minimum Gasteiger partial charge on any atom is -0.464 e. The van der Waals surface area contributed by atoms with Gasteiger partial charge in [-0.3, -0.25) is 0 Å². The summed E-state index contributed by atoms with van der Waals surface area (Å²) in [5.41, 5.74) is 11.3. The SMILES string of the molecule is COC(=O)c1cc2ccc(/C(N)=N\O)cc2n1Cc1cccc2c1C=CCC2. The first kappa shape index (κ1) is 17.9. The Morgan fingerprint density at radius 3 is 2.93 bits per heavy atom. The van der Waals surface area contributed by atoms with Gasteiger partial charge in [0.05, 0.1) is 7.11 Å². The van der Waals surface area contributed by atoms with E-state index >= 15 is 0 Å². The predicted molar refractivity (Wildman–Crippen MR) is 109 cm³/mol. The van der Waals surface area contributed by atoms with E-state index in [0.29, 0.717) is 17.8 Å². The molecule has 6 nitrogen and oxygen atoms in total. The van der Waals surface area contributed by atoms with Gasteiger partial charge in [-0.15, -0.1) is 0 Å². The van der Waals surface area contributed by atoms with Crippen LogP contribution in [0.25, 0.3) is 17.0 Å². The highest BCUT2D eigenvalue weighted by Gasteiger charge is 2.19. The number of esters is 1. The summed E-state index contributed by atoms with van der Waals surface area (Å²) in [6, 6.07) is 13.5. The number of nitrogens with zero attached hydrogens (tertiary/aromatic N) is 2. The standard InChI is InChI=1S/C22H21N3O3/c1-28-22(26)20-11-15-9-10-16(21(23)24-27)12-19(15)25(20)13-17-7-4-6-14-5-2-3-8-18(14)17/h3-4,6-12,27H,2,5,13H2,1H3,(H2,23,24). The molecule has 2 aromatic carbocycles. The molecule has 0 amide bonds. The van der Waals surface area contributed by atoms with Gasteiger partial charge in [0.25, 0.3) is 0 Å². The van der Waals surface area contributed by atoms with E-state index in [4.69, 9.17) is 15.7 Å². The van der Waals surface area contributed by atoms with E-state index in [9.17, 15) is 4.79 Å². The van der Waals surface area contributed by atoms with Crippen LogP contribution < -0.4 is 5.73 Å². The molecule has 1 aliphatic carbocycles. The number of aromatic nitrogens is 1. The average molecular weight is 375 g/mol. The predicted octanol–water partition coefficient (Wildman–Crippen LogP) is 3.53. The van der Waals surface area contributed by atoms with Gasteiger partial charge in [-0.1, -0.05) is 47.6 Å². The zero-order chi connectivity index (χ0) is 19.7. The summed E-state index contributed by atoms with van der Waals surface area (Å²) in [6.07, 6.45) is 6.39. The Morgan fingerprint density at radius 1 is 1.29 bits per heavy atom. The number of hydrogen-bond acceptors (Lipinski definition) is 4. The van der Waals surface area contributed by atoms with E-state index in [1.807, 2.05) is 22.8 Å². The van der Waals surface area contributed by atoms with Crippen LogP contribution in [0.3, 0.4) is 0 Å². The molecule has 3 N–H and O–H groups in total. The van der Waals surface area contributed by atoms with Crippen molar-refractivity contribution < 1.29 is 14.7 Å². The van der Waals surface area contributed by atoms with Gasteiger partial charge in [0, 0.05) is 23.0 Å². The Hall–Kier alpha value is -3.54. The van der Waals surface area contributed by atoms with Crippen molar-refractivity contribution in [2.75, 3.05) is 7.11 Å². The molecule has 0 saturated heterocycles. The van der Waals surface area contributed by atoms with Crippen molar-refractivity contribution in [3.63, 3.8) is 0 Å². The highest BCUT2D eigenvalue weighted by molar-refractivity contribution is 6.02. The summed E-state index contributed by atoms with van der Waals surface area (Å²) >= 11 is 0. The van der Waals surface area contributed by atoms with Crippen molar-refractivity contribution in [3.8, 4) is 0 Å². The number of ether oxygens (including phenoxy) is 1. The van der Waals surface area contributed by atoms with Crippen LogP contribution in [0.5, 0.6) is 0 Å². The number of carbonyl (C=O) groups excluding carboxylic acids is 1. The number of amidine groups is 1. The first-order valence-electron chi connectivity index (χ1n) is 9.09. The van der Waals surface area contributed by atoms with Crippen LogP contribution in [0, 0.1) is 0 Å². The minimum absolute atomic E-state index is 0.0225. The Bertz CT molecular complexity index is 1130. The fourth-order valence-electron chi connectivity index (χ4n) is 3.76. The van der Waals surface area contributed by atoms with Crippen LogP contribution in [0.2, 0.25) is 0 Å². The van der Waals surface area contributed by atoms with Crippen LogP contribution in [-0.2, 0) is 17.7 Å². The molecule has 142 valence electrons. The zero-order valence-electron chi connectivity index (χ0n) is 15.6. The summed E-state index contributed by atoms with van der Waals surface area (Å²) in [5, 5.41) is 13.0. The second-order valence-corrected chi connectivity index (χ2v) is 6.80. The molecule has 0 radical (unpaired) electrons. The zero-order valence-corrected chi connectivity index (χ0v) is 15.6. The molecular formula is C22H21N3O3. The molecule has 6 heteroatoms. The molecule has 0 bridgehead atoms. The number of rotatable bonds is 4. The third-order valence-electron chi connectivity index (χ3n) is 5.18. The second-order valence-electron chi connectivity index (χ2n) is 6.80. The van der Waals surface area contributed by atoms with Crippen LogP contribution in [-0.4, -0.2) is 28.7 Å². The van der Waals surface area contributed by atoms with Gasteiger partial charge >= 0.3 is 5.97 Å². The van der Waals surface area contributed by atoms with Gasteiger partial charge in [-0.05, 0) is 41.7 Å². The molecule has 0 saturated carbocycles. The van der Waals surface area contributed by atoms with Gasteiger partial charge in [0.15, 0.2) is 5.84 Å². The van der Waals surface area contributed by atoms with Crippen molar-refractivity contribution in [3.05, 3.63) is 76.5 Å². The number of oxime groups is 1. The third kappa shape index (κ3) is 3.03. The lowest BCUT2D eigenvalue weighted by atomic mass is 9.93. The molecule has 4 rings (SSSR count). The summed E-state index contributed by atoms with van der Waals surface area (Å²) in [5.74, 6) is -0.379. The number of hydrogen-bond donors (Lipinski definition) is 2. The maximum absolute atomic E-state index is 12.4. The lowest BCUT2D eigenvalue weighted by Crippen LogP contribution is -2.14. The topological polar surface area (TPSA) is 89.8 Å². The van der Waals surface area contributed by atoms with Crippen molar-refractivity contribution in [2.45, 2.75) is 19.4 Å². The first-order valence-corrected chi connectivity index (χ1v) is 9.09. The highest BCUT2D eigenvalue weighted by Crippen LogP contribution is 2.27. The third-order valence-corrected chi connectivity index (χ3v) is 5.18.